The van der Waals surface area contributed by atoms with E-state index in [1.54, 1.807) is 13.0 Å². The van der Waals surface area contributed by atoms with E-state index in [4.69, 9.17) is 5.26 Å². The highest BCUT2D eigenvalue weighted by Crippen LogP contribution is 2.01. The van der Waals surface area contributed by atoms with Gasteiger partial charge in [0.2, 0.25) is 0 Å². The molecule has 1 rings (SSSR count). The van der Waals surface area contributed by atoms with Crippen LogP contribution in [0.1, 0.15) is 19.4 Å². The van der Waals surface area contributed by atoms with E-state index in [1.807, 2.05) is 42.5 Å². The predicted octanol–water partition coefficient (Wildman–Crippen LogP) is 3.86. The lowest BCUT2D eigenvalue weighted by molar-refractivity contribution is -0.135. The summed E-state index contributed by atoms with van der Waals surface area (Å²) in [6, 6.07) is 12.1. The molecule has 0 amide bonds. The zero-order valence-corrected chi connectivity index (χ0v) is 11.2. The molecule has 0 fully saturated rings. The van der Waals surface area contributed by atoms with Crippen LogP contribution in [0.15, 0.2) is 60.9 Å². The summed E-state index contributed by atoms with van der Waals surface area (Å²) in [6.45, 7) is 6.27. The Morgan fingerprint density at radius 1 is 1.32 bits per heavy atom. The third kappa shape index (κ3) is 10.3. The molecule has 1 aromatic rings. The van der Waals surface area contributed by atoms with Gasteiger partial charge in [-0.15, -0.1) is 0 Å². The van der Waals surface area contributed by atoms with Crippen molar-refractivity contribution in [1.29, 1.82) is 5.26 Å². The molecule has 0 N–H and O–H groups in total. The number of benzene rings is 1. The molecular weight excluding hydrogens is 238 g/mol. The maximum atomic E-state index is 9.75. The van der Waals surface area contributed by atoms with E-state index >= 15 is 0 Å². The minimum Gasteiger partial charge on any atom is -0.435 e. The summed E-state index contributed by atoms with van der Waals surface area (Å²) in [5.74, 6) is -0.329. The summed E-state index contributed by atoms with van der Waals surface area (Å²) in [4.78, 5) is 9.75. The van der Waals surface area contributed by atoms with Crippen LogP contribution >= 0.6 is 0 Å². The fraction of sp³-hybridized carbons (Fsp3) is 0.125. The smallest absolute Gasteiger partial charge is 0.307 e. The van der Waals surface area contributed by atoms with Crippen LogP contribution < -0.4 is 0 Å². The quantitative estimate of drug-likeness (QED) is 0.356. The molecular formula is C16H17NO2. The summed E-state index contributed by atoms with van der Waals surface area (Å²) in [5, 5.41) is 8.48. The van der Waals surface area contributed by atoms with Crippen LogP contribution in [0.5, 0.6) is 0 Å². The van der Waals surface area contributed by atoms with Crippen LogP contribution in [0.2, 0.25) is 0 Å². The van der Waals surface area contributed by atoms with E-state index in [0.29, 0.717) is 5.57 Å². The number of nitrogens with zero attached hydrogens (tertiary/aromatic N) is 1. The Morgan fingerprint density at radius 2 is 1.95 bits per heavy atom. The van der Waals surface area contributed by atoms with Gasteiger partial charge in [0.1, 0.15) is 0 Å². The summed E-state index contributed by atoms with van der Waals surface area (Å²) in [7, 11) is 0. The van der Waals surface area contributed by atoms with E-state index in [2.05, 4.69) is 17.4 Å². The first-order valence-corrected chi connectivity index (χ1v) is 5.68. The van der Waals surface area contributed by atoms with Crippen molar-refractivity contribution in [3.05, 3.63) is 66.5 Å². The molecule has 0 saturated carbocycles. The number of hydrogen-bond donors (Lipinski definition) is 0. The van der Waals surface area contributed by atoms with Gasteiger partial charge >= 0.3 is 5.97 Å². The fourth-order valence-corrected chi connectivity index (χ4v) is 1.02. The number of ether oxygens (including phenoxy) is 1. The van der Waals surface area contributed by atoms with Crippen molar-refractivity contribution in [3.8, 4) is 6.07 Å². The number of esters is 1. The first kappa shape index (κ1) is 16.4. The topological polar surface area (TPSA) is 50.1 Å². The normalized spacial score (nSPS) is 10.1. The molecule has 0 aromatic heterocycles. The standard InChI is InChI=1S/C12H11N.C4H6O2/c1-11(10-13)6-5-9-12-7-3-2-4-8-12;1-3-6-4(2)5/h2-9H,1H3;3H,1H2,2H3. The average molecular weight is 255 g/mol. The molecule has 0 unspecified atom stereocenters. The lowest BCUT2D eigenvalue weighted by atomic mass is 10.2. The van der Waals surface area contributed by atoms with Gasteiger partial charge in [0.25, 0.3) is 0 Å². The Hall–Kier alpha value is -2.60. The summed E-state index contributed by atoms with van der Waals surface area (Å²) < 4.78 is 4.17. The Bertz CT molecular complexity index is 493. The van der Waals surface area contributed by atoms with Gasteiger partial charge in [0, 0.05) is 12.5 Å². The fourth-order valence-electron chi connectivity index (χ4n) is 1.02. The van der Waals surface area contributed by atoms with E-state index in [1.165, 1.54) is 6.92 Å². The monoisotopic (exact) mass is 255 g/mol. The van der Waals surface area contributed by atoms with Crippen LogP contribution in [0, 0.1) is 11.3 Å². The maximum Gasteiger partial charge on any atom is 0.307 e. The molecule has 0 atom stereocenters. The van der Waals surface area contributed by atoms with Crippen LogP contribution in [0.25, 0.3) is 6.08 Å². The minimum atomic E-state index is -0.329. The molecule has 1 aromatic carbocycles. The first-order chi connectivity index (χ1) is 9.10. The number of carbonyl (C=O) groups excluding carboxylic acids is 1. The van der Waals surface area contributed by atoms with Crippen molar-refractivity contribution in [3.63, 3.8) is 0 Å². The average Bonchev–Trinajstić information content (AvgIpc) is 2.40. The van der Waals surface area contributed by atoms with E-state index < -0.39 is 0 Å². The zero-order valence-electron chi connectivity index (χ0n) is 11.2. The molecule has 0 aliphatic rings. The number of nitriles is 1. The van der Waals surface area contributed by atoms with Gasteiger partial charge in [-0.3, -0.25) is 4.79 Å². The van der Waals surface area contributed by atoms with Gasteiger partial charge in [-0.2, -0.15) is 5.26 Å². The summed E-state index contributed by atoms with van der Waals surface area (Å²) in [5.41, 5.74) is 1.86. The predicted molar refractivity (Wildman–Crippen MR) is 76.8 cm³/mol. The van der Waals surface area contributed by atoms with E-state index in [9.17, 15) is 4.79 Å². The lowest BCUT2D eigenvalue weighted by Crippen LogP contribution is -1.87. The maximum absolute atomic E-state index is 9.75. The third-order valence-corrected chi connectivity index (χ3v) is 1.86. The van der Waals surface area contributed by atoms with Crippen molar-refractivity contribution < 1.29 is 9.53 Å². The Balaban J connectivity index is 0.000000459. The summed E-state index contributed by atoms with van der Waals surface area (Å²) in [6.07, 6.45) is 6.75. The lowest BCUT2D eigenvalue weighted by Gasteiger charge is -1.88. The molecule has 3 heteroatoms. The van der Waals surface area contributed by atoms with Gasteiger partial charge in [0.05, 0.1) is 12.3 Å². The van der Waals surface area contributed by atoms with Gasteiger partial charge in [-0.25, -0.2) is 0 Å². The van der Waals surface area contributed by atoms with E-state index in [-0.39, 0.29) is 5.97 Å². The van der Waals surface area contributed by atoms with Crippen molar-refractivity contribution in [2.24, 2.45) is 0 Å². The van der Waals surface area contributed by atoms with Gasteiger partial charge in [0.15, 0.2) is 0 Å². The molecule has 0 saturated heterocycles. The molecule has 0 aliphatic carbocycles. The van der Waals surface area contributed by atoms with Gasteiger partial charge in [-0.05, 0) is 18.6 Å². The van der Waals surface area contributed by atoms with Crippen molar-refractivity contribution in [2.75, 3.05) is 0 Å². The van der Waals surface area contributed by atoms with Crippen LogP contribution in [0.4, 0.5) is 0 Å². The van der Waals surface area contributed by atoms with Crippen molar-refractivity contribution in [2.45, 2.75) is 13.8 Å². The number of rotatable bonds is 3. The molecule has 0 heterocycles. The second-order valence-electron chi connectivity index (χ2n) is 3.51. The molecule has 19 heavy (non-hydrogen) atoms. The highest BCUT2D eigenvalue weighted by atomic mass is 16.5. The van der Waals surface area contributed by atoms with Gasteiger partial charge in [-0.1, -0.05) is 49.1 Å². The molecule has 0 spiro atoms. The van der Waals surface area contributed by atoms with Crippen molar-refractivity contribution >= 4 is 12.0 Å². The van der Waals surface area contributed by atoms with Crippen LogP contribution in [-0.2, 0) is 9.53 Å². The highest BCUT2D eigenvalue weighted by Gasteiger charge is 1.81. The van der Waals surface area contributed by atoms with Gasteiger partial charge < -0.3 is 4.74 Å². The molecule has 0 radical (unpaired) electrons. The molecule has 98 valence electrons. The Morgan fingerprint density at radius 3 is 2.37 bits per heavy atom. The zero-order chi connectivity index (χ0) is 14.5. The Kier molecular flexibility index (Phi) is 9.10. The molecule has 0 aliphatic heterocycles. The Labute approximate surface area is 114 Å². The highest BCUT2D eigenvalue weighted by molar-refractivity contribution is 5.66. The SMILES string of the molecule is C=COC(C)=O.CC(C#N)=CC=Cc1ccccc1. The van der Waals surface area contributed by atoms with E-state index in [0.717, 1.165) is 11.8 Å². The first-order valence-electron chi connectivity index (χ1n) is 5.68. The molecule has 0 bridgehead atoms. The molecule has 3 nitrogen and oxygen atoms in total. The number of carbonyl (C=O) groups is 1. The number of allylic oxidation sites excluding steroid dienone is 3. The third-order valence-electron chi connectivity index (χ3n) is 1.86. The second-order valence-corrected chi connectivity index (χ2v) is 3.51. The van der Waals surface area contributed by atoms with Crippen LogP contribution in [-0.4, -0.2) is 5.97 Å². The summed E-state index contributed by atoms with van der Waals surface area (Å²) >= 11 is 0. The van der Waals surface area contributed by atoms with Crippen LogP contribution in [0.3, 0.4) is 0 Å². The number of hydrogen-bond acceptors (Lipinski definition) is 3. The largest absolute Gasteiger partial charge is 0.435 e. The second kappa shape index (κ2) is 10.5. The minimum absolute atomic E-state index is 0.329. The van der Waals surface area contributed by atoms with Crippen molar-refractivity contribution in [1.82, 2.24) is 0 Å².